The van der Waals surface area contributed by atoms with E-state index in [1.54, 1.807) is 13.0 Å². The van der Waals surface area contributed by atoms with E-state index in [0.717, 1.165) is 22.8 Å². The van der Waals surface area contributed by atoms with Crippen molar-refractivity contribution in [2.45, 2.75) is 23.6 Å². The predicted molar refractivity (Wildman–Crippen MR) is 144 cm³/mol. The lowest BCUT2D eigenvalue weighted by Crippen LogP contribution is -2.02. The molecule has 2 N–H and O–H groups in total. The second-order valence-corrected chi connectivity index (χ2v) is 10.7. The maximum absolute atomic E-state index is 12.1. The summed E-state index contributed by atoms with van der Waals surface area (Å²) in [4.78, 5) is 7.27. The van der Waals surface area contributed by atoms with E-state index in [9.17, 15) is 25.9 Å². The average molecular weight is 525 g/mol. The molecule has 0 unspecified atom stereocenters. The molecule has 0 aliphatic carbocycles. The van der Waals surface area contributed by atoms with E-state index in [4.69, 9.17) is 0 Å². The first-order valence-electron chi connectivity index (χ1n) is 10.5. The number of rotatable bonds is 8. The molecule has 0 aromatic heterocycles. The molecule has 36 heavy (non-hydrogen) atoms. The molecule has 0 saturated carbocycles. The number of allylic oxidation sites excluding steroid dienone is 1. The van der Waals surface area contributed by atoms with Crippen molar-refractivity contribution in [3.8, 4) is 0 Å². The minimum absolute atomic E-state index is 0.0855. The molecule has 186 valence electrons. The van der Waals surface area contributed by atoms with Crippen LogP contribution in [0.3, 0.4) is 0 Å². The summed E-state index contributed by atoms with van der Waals surface area (Å²) in [6, 6.07) is 15.8. The summed E-state index contributed by atoms with van der Waals surface area (Å²) in [6.45, 7) is 10.9. The summed E-state index contributed by atoms with van der Waals surface area (Å²) in [5, 5.41) is 0. The Balaban J connectivity index is 2.03. The monoisotopic (exact) mass is 524 g/mol. The van der Waals surface area contributed by atoms with Crippen LogP contribution in [-0.4, -0.2) is 38.4 Å². The maximum Gasteiger partial charge on any atom is 0.295 e. The molecule has 0 atom stereocenters. The van der Waals surface area contributed by atoms with Crippen molar-refractivity contribution in [1.82, 2.24) is 0 Å². The van der Waals surface area contributed by atoms with E-state index in [0.29, 0.717) is 11.4 Å². The van der Waals surface area contributed by atoms with E-state index in [-0.39, 0.29) is 16.8 Å². The summed E-state index contributed by atoms with van der Waals surface area (Å²) < 4.78 is 67.1. The van der Waals surface area contributed by atoms with Gasteiger partial charge in [-0.2, -0.15) is 16.8 Å². The molecule has 8 nitrogen and oxygen atoms in total. The fourth-order valence-electron chi connectivity index (χ4n) is 3.37. The molecule has 0 aliphatic rings. The van der Waals surface area contributed by atoms with Crippen molar-refractivity contribution < 1.29 is 25.9 Å². The number of aliphatic imine (C=N–C) groups is 2. The van der Waals surface area contributed by atoms with Crippen LogP contribution in [-0.2, 0) is 20.2 Å². The Morgan fingerprint density at radius 3 is 1.64 bits per heavy atom. The van der Waals surface area contributed by atoms with Gasteiger partial charge in [-0.25, -0.2) is 0 Å². The summed E-state index contributed by atoms with van der Waals surface area (Å²) in [7, 11) is -9.24. The normalized spacial score (nSPS) is 12.6. The Hall–Kier alpha value is -3.70. The van der Waals surface area contributed by atoms with Crippen LogP contribution < -0.4 is 0 Å². The van der Waals surface area contributed by atoms with Gasteiger partial charge in [0.05, 0.1) is 11.4 Å². The fraction of sp³-hybridized carbons (Fsp3) is 0.0769. The lowest BCUT2D eigenvalue weighted by atomic mass is 10.0. The van der Waals surface area contributed by atoms with Crippen LogP contribution in [0.2, 0.25) is 0 Å². The highest BCUT2D eigenvalue weighted by Gasteiger charge is 2.17. The maximum atomic E-state index is 12.1. The summed E-state index contributed by atoms with van der Waals surface area (Å²) >= 11 is 0. The fourth-order valence-corrected chi connectivity index (χ4v) is 4.78. The first-order valence-corrected chi connectivity index (χ1v) is 13.4. The number of nitrogens with zero attached hydrogens (tertiary/aromatic N) is 2. The molecule has 3 aromatic rings. The van der Waals surface area contributed by atoms with Gasteiger partial charge >= 0.3 is 0 Å². The Morgan fingerprint density at radius 2 is 1.19 bits per heavy atom. The molecule has 0 aliphatic heterocycles. The molecular formula is C26H24N2O6S2. The smallest absolute Gasteiger partial charge is 0.282 e. The predicted octanol–water partition coefficient (Wildman–Crippen LogP) is 5.86. The highest BCUT2D eigenvalue weighted by Crippen LogP contribution is 2.28. The molecule has 0 fully saturated rings. The van der Waals surface area contributed by atoms with Crippen molar-refractivity contribution in [1.29, 1.82) is 0 Å². The first kappa shape index (κ1) is 26.9. The van der Waals surface area contributed by atoms with Crippen LogP contribution in [0.1, 0.15) is 36.1 Å². The number of hydrogen-bond acceptors (Lipinski definition) is 6. The molecule has 0 bridgehead atoms. The Kier molecular flexibility index (Phi) is 7.85. The largest absolute Gasteiger partial charge is 0.295 e. The van der Waals surface area contributed by atoms with E-state index in [1.165, 1.54) is 36.4 Å². The zero-order chi connectivity index (χ0) is 26.7. The molecule has 0 saturated heterocycles. The highest BCUT2D eigenvalue weighted by molar-refractivity contribution is 7.86. The quantitative estimate of drug-likeness (QED) is 0.215. The summed E-state index contributed by atoms with van der Waals surface area (Å²) in [6.07, 6.45) is 2.61. The van der Waals surface area contributed by atoms with Crippen molar-refractivity contribution in [2.24, 2.45) is 9.98 Å². The van der Waals surface area contributed by atoms with Crippen LogP contribution in [0.5, 0.6) is 0 Å². The molecule has 10 heteroatoms. The number of hydrogen-bond donors (Lipinski definition) is 2. The molecule has 3 rings (SSSR count). The molecule has 3 aromatic carbocycles. The van der Waals surface area contributed by atoms with Gasteiger partial charge in [0.1, 0.15) is 9.79 Å². The van der Waals surface area contributed by atoms with Gasteiger partial charge in [0.15, 0.2) is 0 Å². The zero-order valence-electron chi connectivity index (χ0n) is 19.6. The minimum Gasteiger partial charge on any atom is -0.282 e. The van der Waals surface area contributed by atoms with Gasteiger partial charge in [0.2, 0.25) is 0 Å². The van der Waals surface area contributed by atoms with Gasteiger partial charge in [-0.15, -0.1) is 0 Å². The molecular weight excluding hydrogens is 500 g/mol. The molecule has 0 amide bonds. The van der Waals surface area contributed by atoms with E-state index in [2.05, 4.69) is 23.3 Å². The van der Waals surface area contributed by atoms with Crippen LogP contribution >= 0.6 is 0 Å². The lowest BCUT2D eigenvalue weighted by Gasteiger charge is -2.08. The topological polar surface area (TPSA) is 133 Å². The summed E-state index contributed by atoms with van der Waals surface area (Å²) in [5.74, 6) is 0. The standard InChI is InChI=1S/C26H24N2O6S2/c1-17(2)19-5-7-20(8-6-19)18(3)28-24-14-12-22(26(16-24)36(32,33)34)10-9-21-11-13-23(27-4)15-25(21)35(29,30)31/h5-16H,1,4H2,2-3H3,(H,29,30,31)(H,32,33,34)/b10-9+,28-18?. The zero-order valence-corrected chi connectivity index (χ0v) is 21.2. The van der Waals surface area contributed by atoms with Gasteiger partial charge in [-0.1, -0.05) is 60.7 Å². The van der Waals surface area contributed by atoms with Crippen LogP contribution in [0.15, 0.2) is 87.0 Å². The second-order valence-electron chi connectivity index (χ2n) is 7.94. The SMILES string of the molecule is C=Nc1ccc(/C=C/c2ccc(N=C(C)c3ccc(C(=C)C)cc3)cc2S(=O)(=O)O)c(S(=O)(=O)O)c1. The van der Waals surface area contributed by atoms with Crippen molar-refractivity contribution in [3.05, 3.63) is 89.5 Å². The minimum atomic E-state index is -4.65. The molecule has 0 radical (unpaired) electrons. The third-order valence-electron chi connectivity index (χ3n) is 5.27. The van der Waals surface area contributed by atoms with E-state index < -0.39 is 30.0 Å². The Morgan fingerprint density at radius 1 is 0.750 bits per heavy atom. The van der Waals surface area contributed by atoms with Gasteiger partial charge < -0.3 is 0 Å². The van der Waals surface area contributed by atoms with Gasteiger partial charge in [0.25, 0.3) is 20.2 Å². The van der Waals surface area contributed by atoms with Crippen molar-refractivity contribution in [3.63, 3.8) is 0 Å². The van der Waals surface area contributed by atoms with Crippen LogP contribution in [0, 0.1) is 0 Å². The van der Waals surface area contributed by atoms with E-state index >= 15 is 0 Å². The average Bonchev–Trinajstić information content (AvgIpc) is 2.82. The molecule has 0 heterocycles. The summed E-state index contributed by atoms with van der Waals surface area (Å²) in [5.41, 5.74) is 4.06. The second kappa shape index (κ2) is 10.5. The van der Waals surface area contributed by atoms with E-state index in [1.807, 2.05) is 31.2 Å². The first-order chi connectivity index (χ1) is 16.8. The Labute approximate surface area is 210 Å². The van der Waals surface area contributed by atoms with Gasteiger partial charge in [-0.05, 0) is 67.1 Å². The molecule has 0 spiro atoms. The van der Waals surface area contributed by atoms with Crippen LogP contribution in [0.4, 0.5) is 11.4 Å². The third kappa shape index (κ3) is 6.49. The van der Waals surface area contributed by atoms with Crippen LogP contribution in [0.25, 0.3) is 17.7 Å². The van der Waals surface area contributed by atoms with Crippen molar-refractivity contribution in [2.75, 3.05) is 0 Å². The van der Waals surface area contributed by atoms with Crippen molar-refractivity contribution >= 4 is 61.8 Å². The third-order valence-corrected chi connectivity index (χ3v) is 7.09. The number of benzene rings is 3. The van der Waals surface area contributed by atoms with Gasteiger partial charge in [0, 0.05) is 5.71 Å². The highest BCUT2D eigenvalue weighted by atomic mass is 32.2. The Bertz CT molecular complexity index is 1620. The lowest BCUT2D eigenvalue weighted by molar-refractivity contribution is 0.480. The van der Waals surface area contributed by atoms with Gasteiger partial charge in [-0.3, -0.25) is 19.1 Å².